The number of halogens is 2. The van der Waals surface area contributed by atoms with E-state index in [0.717, 1.165) is 21.1 Å². The maximum Gasteiger partial charge on any atom is 0.321 e. The fourth-order valence-corrected chi connectivity index (χ4v) is 2.91. The number of alkyl halides is 1. The quantitative estimate of drug-likeness (QED) is 0.652. The first kappa shape index (κ1) is 13.6. The molecule has 1 aromatic heterocycles. The number of nitrogens with one attached hydrogen (secondary N) is 2. The predicted octanol–water partition coefficient (Wildman–Crippen LogP) is 3.81. The Bertz CT molecular complexity index is 560. The monoisotopic (exact) mass is 347 g/mol. The zero-order chi connectivity index (χ0) is 13.0. The van der Waals surface area contributed by atoms with E-state index < -0.39 is 0 Å². The minimum Gasteiger partial charge on any atom is -0.338 e. The number of fused-ring (bicyclic) bond motifs is 1. The van der Waals surface area contributed by atoms with Crippen LogP contribution in [0.15, 0.2) is 22.7 Å². The van der Waals surface area contributed by atoms with Gasteiger partial charge in [-0.25, -0.2) is 9.78 Å². The lowest BCUT2D eigenvalue weighted by Gasteiger charge is -2.02. The lowest BCUT2D eigenvalue weighted by Crippen LogP contribution is -2.29. The van der Waals surface area contributed by atoms with Gasteiger partial charge < -0.3 is 5.32 Å². The van der Waals surface area contributed by atoms with E-state index in [0.29, 0.717) is 17.6 Å². The Balaban J connectivity index is 2.01. The van der Waals surface area contributed by atoms with E-state index in [2.05, 4.69) is 31.5 Å². The molecule has 0 spiro atoms. The average molecular weight is 349 g/mol. The van der Waals surface area contributed by atoms with Crippen LogP contribution >= 0.6 is 38.9 Å². The summed E-state index contributed by atoms with van der Waals surface area (Å²) < 4.78 is 2.03. The average Bonchev–Trinajstić information content (AvgIpc) is 2.70. The van der Waals surface area contributed by atoms with Crippen LogP contribution in [-0.2, 0) is 0 Å². The molecule has 2 N–H and O–H groups in total. The second-order valence-electron chi connectivity index (χ2n) is 3.55. The first-order valence-electron chi connectivity index (χ1n) is 5.36. The molecule has 2 aromatic rings. The number of hydrogen-bond donors (Lipinski definition) is 2. The van der Waals surface area contributed by atoms with Gasteiger partial charge in [0.15, 0.2) is 5.13 Å². The van der Waals surface area contributed by atoms with Crippen molar-refractivity contribution in [2.75, 3.05) is 17.7 Å². The Labute approximate surface area is 122 Å². The molecule has 0 aliphatic heterocycles. The van der Waals surface area contributed by atoms with Gasteiger partial charge in [0.2, 0.25) is 0 Å². The minimum atomic E-state index is -0.252. The fourth-order valence-electron chi connectivity index (χ4n) is 1.36. The van der Waals surface area contributed by atoms with Crippen molar-refractivity contribution in [3.63, 3.8) is 0 Å². The summed E-state index contributed by atoms with van der Waals surface area (Å²) in [6.07, 6.45) is 0.752. The van der Waals surface area contributed by atoms with Crippen LogP contribution in [0.5, 0.6) is 0 Å². The third kappa shape index (κ3) is 3.57. The predicted molar refractivity (Wildman–Crippen MR) is 79.7 cm³/mol. The molecule has 0 atom stereocenters. The second-order valence-corrected chi connectivity index (χ2v) is 5.88. The highest BCUT2D eigenvalue weighted by Crippen LogP contribution is 2.28. The van der Waals surface area contributed by atoms with Crippen molar-refractivity contribution in [2.45, 2.75) is 6.42 Å². The van der Waals surface area contributed by atoms with E-state index in [-0.39, 0.29) is 6.03 Å². The Morgan fingerprint density at radius 2 is 2.33 bits per heavy atom. The van der Waals surface area contributed by atoms with Crippen LogP contribution < -0.4 is 10.6 Å². The van der Waals surface area contributed by atoms with Gasteiger partial charge in [-0.05, 0) is 24.6 Å². The number of aromatic nitrogens is 1. The van der Waals surface area contributed by atoms with Crippen LogP contribution in [0.4, 0.5) is 9.93 Å². The molecule has 2 amide bonds. The number of rotatable bonds is 4. The summed E-state index contributed by atoms with van der Waals surface area (Å²) in [4.78, 5) is 15.8. The smallest absolute Gasteiger partial charge is 0.321 e. The van der Waals surface area contributed by atoms with Crippen molar-refractivity contribution in [1.82, 2.24) is 10.3 Å². The largest absolute Gasteiger partial charge is 0.338 e. The van der Waals surface area contributed by atoms with E-state index in [4.69, 9.17) is 11.6 Å². The molecule has 18 heavy (non-hydrogen) atoms. The van der Waals surface area contributed by atoms with Crippen LogP contribution in [-0.4, -0.2) is 23.4 Å². The molecule has 0 radical (unpaired) electrons. The number of urea groups is 1. The SMILES string of the molecule is O=C(NCCCCl)Nc1nc2ccc(Br)cc2s1. The molecule has 4 nitrogen and oxygen atoms in total. The standard InChI is InChI=1S/C11H11BrClN3OS/c12-7-2-3-8-9(6-7)18-11(15-8)16-10(17)14-5-1-4-13/h2-3,6H,1,4-5H2,(H2,14,15,16,17). The van der Waals surface area contributed by atoms with E-state index in [9.17, 15) is 4.79 Å². The van der Waals surface area contributed by atoms with Gasteiger partial charge in [-0.1, -0.05) is 27.3 Å². The number of amides is 2. The second kappa shape index (κ2) is 6.36. The maximum absolute atomic E-state index is 11.5. The molecule has 0 aliphatic rings. The number of nitrogens with zero attached hydrogens (tertiary/aromatic N) is 1. The summed E-state index contributed by atoms with van der Waals surface area (Å²) in [5, 5.41) is 6.01. The van der Waals surface area contributed by atoms with Gasteiger partial charge in [-0.15, -0.1) is 11.6 Å². The maximum atomic E-state index is 11.5. The third-order valence-electron chi connectivity index (χ3n) is 2.17. The number of carbonyl (C=O) groups excluding carboxylic acids is 1. The Morgan fingerprint density at radius 3 is 3.11 bits per heavy atom. The summed E-state index contributed by atoms with van der Waals surface area (Å²) in [7, 11) is 0. The van der Waals surface area contributed by atoms with Crippen LogP contribution in [0, 0.1) is 0 Å². The minimum absolute atomic E-state index is 0.252. The van der Waals surface area contributed by atoms with Crippen LogP contribution in [0.2, 0.25) is 0 Å². The first-order valence-corrected chi connectivity index (χ1v) is 7.50. The molecular formula is C11H11BrClN3OS. The number of hydrogen-bond acceptors (Lipinski definition) is 3. The van der Waals surface area contributed by atoms with Gasteiger partial charge in [-0.3, -0.25) is 5.32 Å². The lowest BCUT2D eigenvalue weighted by molar-refractivity contribution is 0.252. The summed E-state index contributed by atoms with van der Waals surface area (Å²) in [5.74, 6) is 0.537. The fraction of sp³-hybridized carbons (Fsp3) is 0.273. The summed E-state index contributed by atoms with van der Waals surface area (Å²) in [5.41, 5.74) is 0.874. The lowest BCUT2D eigenvalue weighted by atomic mass is 10.3. The Hall–Kier alpha value is -0.850. The highest BCUT2D eigenvalue weighted by molar-refractivity contribution is 9.10. The van der Waals surface area contributed by atoms with Gasteiger partial charge in [0.05, 0.1) is 10.2 Å². The zero-order valence-corrected chi connectivity index (χ0v) is 12.5. The number of benzene rings is 1. The van der Waals surface area contributed by atoms with Crippen LogP contribution in [0.1, 0.15) is 6.42 Å². The van der Waals surface area contributed by atoms with Gasteiger partial charge in [0.25, 0.3) is 0 Å². The van der Waals surface area contributed by atoms with Gasteiger partial charge >= 0.3 is 6.03 Å². The molecule has 0 unspecified atom stereocenters. The van der Waals surface area contributed by atoms with Crippen molar-refractivity contribution in [3.05, 3.63) is 22.7 Å². The van der Waals surface area contributed by atoms with Crippen molar-refractivity contribution >= 4 is 60.2 Å². The molecule has 7 heteroatoms. The number of anilines is 1. The van der Waals surface area contributed by atoms with Gasteiger partial charge in [-0.2, -0.15) is 0 Å². The van der Waals surface area contributed by atoms with E-state index in [1.807, 2.05) is 18.2 Å². The van der Waals surface area contributed by atoms with Crippen molar-refractivity contribution in [2.24, 2.45) is 0 Å². The molecule has 1 aromatic carbocycles. The zero-order valence-electron chi connectivity index (χ0n) is 9.37. The molecule has 0 aliphatic carbocycles. The molecular weight excluding hydrogens is 338 g/mol. The van der Waals surface area contributed by atoms with Gasteiger partial charge in [0, 0.05) is 16.9 Å². The first-order chi connectivity index (χ1) is 8.69. The number of thiazole rings is 1. The van der Waals surface area contributed by atoms with Crippen LogP contribution in [0.25, 0.3) is 10.2 Å². The third-order valence-corrected chi connectivity index (χ3v) is 3.86. The van der Waals surface area contributed by atoms with E-state index in [1.165, 1.54) is 11.3 Å². The topological polar surface area (TPSA) is 54.0 Å². The molecule has 2 rings (SSSR count). The van der Waals surface area contributed by atoms with Gasteiger partial charge in [0.1, 0.15) is 0 Å². The highest BCUT2D eigenvalue weighted by atomic mass is 79.9. The molecule has 0 saturated heterocycles. The van der Waals surface area contributed by atoms with Crippen molar-refractivity contribution in [1.29, 1.82) is 0 Å². The highest BCUT2D eigenvalue weighted by Gasteiger charge is 2.07. The molecule has 0 fully saturated rings. The summed E-state index contributed by atoms with van der Waals surface area (Å²) in [6.45, 7) is 0.561. The molecule has 0 saturated carbocycles. The summed E-state index contributed by atoms with van der Waals surface area (Å²) >= 11 is 10.4. The molecule has 1 heterocycles. The molecule has 96 valence electrons. The normalized spacial score (nSPS) is 10.6. The van der Waals surface area contributed by atoms with Crippen molar-refractivity contribution < 1.29 is 4.79 Å². The summed E-state index contributed by atoms with van der Waals surface area (Å²) in [6, 6.07) is 5.56. The van der Waals surface area contributed by atoms with E-state index >= 15 is 0 Å². The number of carbonyl (C=O) groups is 1. The van der Waals surface area contributed by atoms with E-state index in [1.54, 1.807) is 0 Å². The molecule has 0 bridgehead atoms. The Kier molecular flexibility index (Phi) is 4.79. The van der Waals surface area contributed by atoms with Crippen LogP contribution in [0.3, 0.4) is 0 Å². The Morgan fingerprint density at radius 1 is 1.50 bits per heavy atom. The van der Waals surface area contributed by atoms with Crippen molar-refractivity contribution in [3.8, 4) is 0 Å².